The van der Waals surface area contributed by atoms with Gasteiger partial charge in [0, 0.05) is 56.4 Å². The van der Waals surface area contributed by atoms with Gasteiger partial charge in [-0.05, 0) is 73.4 Å². The highest BCUT2D eigenvalue weighted by Crippen LogP contribution is 2.32. The van der Waals surface area contributed by atoms with Gasteiger partial charge in [0.15, 0.2) is 5.78 Å². The van der Waals surface area contributed by atoms with Crippen LogP contribution in [0.2, 0.25) is 0 Å². The van der Waals surface area contributed by atoms with Crippen molar-refractivity contribution in [3.8, 4) is 6.07 Å². The smallest absolute Gasteiger partial charge is 0.475 e. The quantitative estimate of drug-likeness (QED) is 0.392. The summed E-state index contributed by atoms with van der Waals surface area (Å²) < 4.78 is 32.4. The summed E-state index contributed by atoms with van der Waals surface area (Å²) in [5.74, 6) is -1.57. The highest BCUT2D eigenvalue weighted by atomic mass is 79.9. The SMILES string of the molecule is CN1CCN(C(=O)C2CCN(Cc3cccc(C(=O)CN(c4nc(C#N)ncc4Br)C4CCCC4)c3)CC2)CC1.O=C(O)C(F)(F)F. The molecular weight excluding hydrogens is 683 g/mol. The van der Waals surface area contributed by atoms with Gasteiger partial charge in [-0.3, -0.25) is 14.5 Å². The van der Waals surface area contributed by atoms with Gasteiger partial charge in [-0.25, -0.2) is 14.8 Å². The number of Topliss-reactive ketones (excluding diaryl/α,β-unsaturated/α-hetero) is 1. The summed E-state index contributed by atoms with van der Waals surface area (Å²) in [5, 5.41) is 16.5. The number of nitrogens with zero attached hydrogens (tertiary/aromatic N) is 7. The summed E-state index contributed by atoms with van der Waals surface area (Å²) in [6.45, 7) is 6.33. The van der Waals surface area contributed by atoms with E-state index in [2.05, 4.69) is 53.7 Å². The van der Waals surface area contributed by atoms with Crippen molar-refractivity contribution in [2.75, 3.05) is 57.8 Å². The molecule has 1 aromatic carbocycles. The molecule has 0 radical (unpaired) electrons. The van der Waals surface area contributed by atoms with E-state index in [1.807, 2.05) is 29.2 Å². The molecule has 2 saturated heterocycles. The monoisotopic (exact) mass is 721 g/mol. The first-order valence-electron chi connectivity index (χ1n) is 15.7. The van der Waals surface area contributed by atoms with Crippen LogP contribution in [0.5, 0.6) is 0 Å². The number of amides is 1. The molecule has 0 atom stereocenters. The molecule has 1 aromatic heterocycles. The Morgan fingerprint density at radius 2 is 1.70 bits per heavy atom. The van der Waals surface area contributed by atoms with Gasteiger partial charge in [-0.15, -0.1) is 0 Å². The number of aromatic nitrogens is 2. The number of aliphatic carboxylic acids is 1. The maximum atomic E-state index is 13.6. The third-order valence-electron chi connectivity index (χ3n) is 8.83. The molecule has 47 heavy (non-hydrogen) atoms. The largest absolute Gasteiger partial charge is 0.490 e. The minimum absolute atomic E-state index is 0.0363. The number of piperazine rings is 1. The van der Waals surface area contributed by atoms with Gasteiger partial charge in [0.2, 0.25) is 11.7 Å². The molecule has 254 valence electrons. The number of anilines is 1. The fourth-order valence-corrected chi connectivity index (χ4v) is 6.60. The van der Waals surface area contributed by atoms with Crippen molar-refractivity contribution < 1.29 is 32.7 Å². The van der Waals surface area contributed by atoms with Crippen LogP contribution in [0, 0.1) is 17.2 Å². The number of alkyl halides is 3. The van der Waals surface area contributed by atoms with Crippen molar-refractivity contribution >= 4 is 39.4 Å². The van der Waals surface area contributed by atoms with Gasteiger partial charge in [-0.2, -0.15) is 18.4 Å². The normalized spacial score (nSPS) is 18.3. The standard InChI is InChI=1S/C30H38BrN7O2.C2HF3O2/c1-35-13-15-37(16-14-35)30(40)23-9-11-36(12-10-23)20-22-5-4-6-24(17-22)27(39)21-38(25-7-2-3-8-25)29-26(31)19-33-28(18-32)34-29;3-2(4,5)1(6)7/h4-6,17,19,23,25H,2-3,7-16,20-21H2,1H3;(H,6,7). The van der Waals surface area contributed by atoms with E-state index in [0.29, 0.717) is 21.8 Å². The van der Waals surface area contributed by atoms with Crippen molar-refractivity contribution in [2.24, 2.45) is 5.92 Å². The van der Waals surface area contributed by atoms with Crippen LogP contribution in [0.25, 0.3) is 0 Å². The maximum Gasteiger partial charge on any atom is 0.490 e. The highest BCUT2D eigenvalue weighted by Gasteiger charge is 2.38. The Balaban J connectivity index is 0.000000644. The molecule has 3 aliphatic rings. The Kier molecular flexibility index (Phi) is 12.7. The van der Waals surface area contributed by atoms with Crippen molar-refractivity contribution in [3.05, 3.63) is 51.9 Å². The number of carbonyl (C=O) groups excluding carboxylic acids is 2. The van der Waals surface area contributed by atoms with E-state index >= 15 is 0 Å². The molecule has 0 bridgehead atoms. The zero-order chi connectivity index (χ0) is 34.1. The molecule has 1 N–H and O–H groups in total. The molecule has 2 aromatic rings. The summed E-state index contributed by atoms with van der Waals surface area (Å²) in [4.78, 5) is 52.7. The first-order valence-corrected chi connectivity index (χ1v) is 16.5. The molecular formula is C32H39BrF3N7O4. The highest BCUT2D eigenvalue weighted by molar-refractivity contribution is 9.10. The van der Waals surface area contributed by atoms with E-state index < -0.39 is 12.1 Å². The van der Waals surface area contributed by atoms with E-state index in [-0.39, 0.29) is 30.1 Å². The number of halogens is 4. The number of benzene rings is 1. The zero-order valence-electron chi connectivity index (χ0n) is 26.3. The lowest BCUT2D eigenvalue weighted by molar-refractivity contribution is -0.192. The predicted molar refractivity (Wildman–Crippen MR) is 171 cm³/mol. The van der Waals surface area contributed by atoms with E-state index in [4.69, 9.17) is 9.90 Å². The lowest BCUT2D eigenvalue weighted by Gasteiger charge is -2.37. The number of rotatable bonds is 8. The van der Waals surface area contributed by atoms with Crippen molar-refractivity contribution in [1.82, 2.24) is 24.7 Å². The number of ketones is 1. The maximum absolute atomic E-state index is 13.6. The summed E-state index contributed by atoms with van der Waals surface area (Å²) in [6, 6.07) is 10.2. The Morgan fingerprint density at radius 1 is 1.06 bits per heavy atom. The Labute approximate surface area is 280 Å². The number of piperidine rings is 1. The molecule has 15 heteroatoms. The Hall–Kier alpha value is -3.61. The van der Waals surface area contributed by atoms with Crippen LogP contribution in [-0.4, -0.2) is 113 Å². The average molecular weight is 723 g/mol. The van der Waals surface area contributed by atoms with Gasteiger partial charge in [0.1, 0.15) is 11.9 Å². The second-order valence-electron chi connectivity index (χ2n) is 12.1. The minimum Gasteiger partial charge on any atom is -0.475 e. The van der Waals surface area contributed by atoms with Gasteiger partial charge >= 0.3 is 12.1 Å². The molecule has 5 rings (SSSR count). The van der Waals surface area contributed by atoms with E-state index in [1.165, 1.54) is 0 Å². The van der Waals surface area contributed by atoms with Crippen LogP contribution < -0.4 is 4.90 Å². The topological polar surface area (TPSA) is 134 Å². The summed E-state index contributed by atoms with van der Waals surface area (Å²) in [6.07, 6.45) is 2.53. The van der Waals surface area contributed by atoms with Gasteiger partial charge in [-0.1, -0.05) is 31.0 Å². The fourth-order valence-electron chi connectivity index (χ4n) is 6.18. The minimum atomic E-state index is -5.08. The van der Waals surface area contributed by atoms with Gasteiger partial charge in [0.05, 0.1) is 11.0 Å². The van der Waals surface area contributed by atoms with Crippen LogP contribution in [0.4, 0.5) is 19.0 Å². The van der Waals surface area contributed by atoms with Crippen LogP contribution in [-0.2, 0) is 16.1 Å². The summed E-state index contributed by atoms with van der Waals surface area (Å²) in [5.41, 5.74) is 1.79. The lowest BCUT2D eigenvalue weighted by Crippen LogP contribution is -2.50. The molecule has 1 amide bonds. The summed E-state index contributed by atoms with van der Waals surface area (Å²) >= 11 is 3.54. The number of likely N-dealkylation sites (tertiary alicyclic amines) is 1. The molecule has 2 aliphatic heterocycles. The Morgan fingerprint density at radius 3 is 2.30 bits per heavy atom. The zero-order valence-corrected chi connectivity index (χ0v) is 27.8. The van der Waals surface area contributed by atoms with Gasteiger partial charge in [0.25, 0.3) is 0 Å². The van der Waals surface area contributed by atoms with Gasteiger partial charge < -0.3 is 19.8 Å². The molecule has 0 spiro atoms. The number of nitriles is 1. The molecule has 1 saturated carbocycles. The molecule has 3 heterocycles. The van der Waals surface area contributed by atoms with Crippen LogP contribution in [0.15, 0.2) is 34.9 Å². The van der Waals surface area contributed by atoms with Crippen LogP contribution >= 0.6 is 15.9 Å². The van der Waals surface area contributed by atoms with E-state index in [0.717, 1.165) is 89.9 Å². The number of hydrogen-bond donors (Lipinski definition) is 1. The Bertz CT molecular complexity index is 1450. The lowest BCUT2D eigenvalue weighted by atomic mass is 9.94. The van der Waals surface area contributed by atoms with Crippen molar-refractivity contribution in [1.29, 1.82) is 5.26 Å². The van der Waals surface area contributed by atoms with E-state index in [1.54, 1.807) is 6.20 Å². The molecule has 0 unspecified atom stereocenters. The molecule has 11 nitrogen and oxygen atoms in total. The van der Waals surface area contributed by atoms with Crippen molar-refractivity contribution in [3.63, 3.8) is 0 Å². The first-order chi connectivity index (χ1) is 22.3. The molecule has 3 fully saturated rings. The number of carboxylic acids is 1. The molecule has 1 aliphatic carbocycles. The number of carbonyl (C=O) groups is 3. The number of carboxylic acid groups (broad SMARTS) is 1. The average Bonchev–Trinajstić information content (AvgIpc) is 3.59. The third kappa shape index (κ3) is 10.2. The fraction of sp³-hybridized carbons (Fsp3) is 0.562. The van der Waals surface area contributed by atoms with Crippen LogP contribution in [0.1, 0.15) is 60.3 Å². The van der Waals surface area contributed by atoms with Crippen LogP contribution in [0.3, 0.4) is 0 Å². The second kappa shape index (κ2) is 16.5. The van der Waals surface area contributed by atoms with E-state index in [9.17, 15) is 28.0 Å². The number of likely N-dealkylation sites (N-methyl/N-ethyl adjacent to an activating group) is 1. The number of hydrogen-bond acceptors (Lipinski definition) is 9. The predicted octanol–water partition coefficient (Wildman–Crippen LogP) is 4.36. The second-order valence-corrected chi connectivity index (χ2v) is 13.0. The first kappa shape index (κ1) is 36.2. The third-order valence-corrected chi connectivity index (χ3v) is 9.39. The summed E-state index contributed by atoms with van der Waals surface area (Å²) in [7, 11) is 2.11. The van der Waals surface area contributed by atoms with Crippen molar-refractivity contribution in [2.45, 2.75) is 57.3 Å².